The molecule has 1 aliphatic heterocycles. The molecule has 5 heteroatoms. The Bertz CT molecular complexity index is 615. The summed E-state index contributed by atoms with van der Waals surface area (Å²) in [6.07, 6.45) is 3.42. The molecule has 1 aromatic heterocycles. The van der Waals surface area contributed by atoms with Crippen molar-refractivity contribution in [3.05, 3.63) is 24.4 Å². The molecule has 1 aliphatic rings. The number of anilines is 1. The van der Waals surface area contributed by atoms with E-state index in [9.17, 15) is 0 Å². The van der Waals surface area contributed by atoms with Gasteiger partial charge in [-0.25, -0.2) is 4.98 Å². The highest BCUT2D eigenvalue weighted by molar-refractivity contribution is 5.94. The first kappa shape index (κ1) is 13.0. The third kappa shape index (κ3) is 2.36. The van der Waals surface area contributed by atoms with E-state index in [1.165, 1.54) is 0 Å². The van der Waals surface area contributed by atoms with E-state index < -0.39 is 0 Å². The van der Waals surface area contributed by atoms with Gasteiger partial charge in [0.2, 0.25) is 6.79 Å². The van der Waals surface area contributed by atoms with Crippen LogP contribution in [0.5, 0.6) is 11.5 Å². The molecule has 1 atom stereocenters. The van der Waals surface area contributed by atoms with Gasteiger partial charge in [-0.1, -0.05) is 6.92 Å². The molecule has 2 heterocycles. The number of nitrogens with one attached hydrogen (secondary N) is 1. The average Bonchev–Trinajstić information content (AvgIpc) is 2.92. The Kier molecular flexibility index (Phi) is 3.60. The molecule has 0 aliphatic carbocycles. The van der Waals surface area contributed by atoms with Crippen molar-refractivity contribution in [3.8, 4) is 11.5 Å². The Hall–Kier alpha value is -2.01. The van der Waals surface area contributed by atoms with E-state index in [1.807, 2.05) is 18.2 Å². The number of hydrogen-bond donors (Lipinski definition) is 2. The van der Waals surface area contributed by atoms with E-state index in [-0.39, 0.29) is 19.4 Å². The van der Waals surface area contributed by atoms with Crippen LogP contribution in [0.25, 0.3) is 10.8 Å². The second kappa shape index (κ2) is 5.54. The lowest BCUT2D eigenvalue weighted by Gasteiger charge is -2.17. The van der Waals surface area contributed by atoms with Crippen LogP contribution in [0.1, 0.15) is 19.8 Å². The van der Waals surface area contributed by atoms with Gasteiger partial charge in [-0.05, 0) is 36.4 Å². The van der Waals surface area contributed by atoms with Crippen LogP contribution in [-0.2, 0) is 0 Å². The fourth-order valence-electron chi connectivity index (χ4n) is 2.40. The monoisotopic (exact) mass is 274 g/mol. The molecule has 0 radical (unpaired) electrons. The Balaban J connectivity index is 1.98. The van der Waals surface area contributed by atoms with Gasteiger partial charge in [-0.15, -0.1) is 0 Å². The van der Waals surface area contributed by atoms with Gasteiger partial charge in [0, 0.05) is 24.2 Å². The molecule has 0 amide bonds. The van der Waals surface area contributed by atoms with Crippen molar-refractivity contribution in [3.63, 3.8) is 0 Å². The highest BCUT2D eigenvalue weighted by Gasteiger charge is 2.16. The molecular weight excluding hydrogens is 256 g/mol. The van der Waals surface area contributed by atoms with Gasteiger partial charge in [-0.2, -0.15) is 0 Å². The van der Waals surface area contributed by atoms with Crippen LogP contribution in [0.4, 0.5) is 5.82 Å². The highest BCUT2D eigenvalue weighted by Crippen LogP contribution is 2.37. The van der Waals surface area contributed by atoms with Crippen molar-refractivity contribution in [2.24, 2.45) is 0 Å². The predicted octanol–water partition coefficient (Wildman–Crippen LogP) is 2.54. The number of aliphatic hydroxyl groups is 1. The number of hydrogen-bond acceptors (Lipinski definition) is 5. The summed E-state index contributed by atoms with van der Waals surface area (Å²) >= 11 is 0. The van der Waals surface area contributed by atoms with Gasteiger partial charge >= 0.3 is 0 Å². The summed E-state index contributed by atoms with van der Waals surface area (Å²) in [5.41, 5.74) is 0. The zero-order valence-corrected chi connectivity index (χ0v) is 11.4. The van der Waals surface area contributed by atoms with E-state index in [1.54, 1.807) is 6.20 Å². The minimum atomic E-state index is 0.169. The van der Waals surface area contributed by atoms with E-state index in [0.717, 1.165) is 34.5 Å². The molecule has 2 aromatic rings. The maximum atomic E-state index is 9.09. The number of aliphatic hydroxyl groups excluding tert-OH is 1. The normalized spacial score (nSPS) is 14.5. The Morgan fingerprint density at radius 1 is 1.35 bits per heavy atom. The Morgan fingerprint density at radius 3 is 2.90 bits per heavy atom. The van der Waals surface area contributed by atoms with E-state index in [4.69, 9.17) is 14.6 Å². The number of benzene rings is 1. The van der Waals surface area contributed by atoms with Crippen LogP contribution in [0, 0.1) is 0 Å². The molecule has 0 saturated carbocycles. The molecule has 1 aromatic carbocycles. The van der Waals surface area contributed by atoms with E-state index in [2.05, 4.69) is 17.2 Å². The molecule has 20 heavy (non-hydrogen) atoms. The van der Waals surface area contributed by atoms with Crippen LogP contribution in [-0.4, -0.2) is 29.5 Å². The fourth-order valence-corrected chi connectivity index (χ4v) is 2.40. The van der Waals surface area contributed by atoms with Crippen LogP contribution in [0.2, 0.25) is 0 Å². The van der Waals surface area contributed by atoms with Crippen LogP contribution >= 0.6 is 0 Å². The van der Waals surface area contributed by atoms with Crippen molar-refractivity contribution in [1.29, 1.82) is 0 Å². The largest absolute Gasteiger partial charge is 0.454 e. The summed E-state index contributed by atoms with van der Waals surface area (Å²) in [5, 5.41) is 14.6. The Morgan fingerprint density at radius 2 is 2.15 bits per heavy atom. The number of nitrogens with zero attached hydrogens (tertiary/aromatic N) is 1. The second-order valence-corrected chi connectivity index (χ2v) is 4.85. The van der Waals surface area contributed by atoms with E-state index in [0.29, 0.717) is 6.42 Å². The van der Waals surface area contributed by atoms with Crippen molar-refractivity contribution >= 4 is 16.6 Å². The van der Waals surface area contributed by atoms with Crippen molar-refractivity contribution < 1.29 is 14.6 Å². The predicted molar refractivity (Wildman–Crippen MR) is 77.3 cm³/mol. The smallest absolute Gasteiger partial charge is 0.231 e. The maximum absolute atomic E-state index is 9.09. The third-order valence-corrected chi connectivity index (χ3v) is 3.57. The molecule has 2 N–H and O–H groups in total. The zero-order valence-electron chi connectivity index (χ0n) is 11.4. The molecule has 0 bridgehead atoms. The van der Waals surface area contributed by atoms with Crippen LogP contribution in [0.15, 0.2) is 24.4 Å². The summed E-state index contributed by atoms with van der Waals surface area (Å²) in [5.74, 6) is 2.35. The summed E-state index contributed by atoms with van der Waals surface area (Å²) in [7, 11) is 0. The standard InChI is InChI=1S/C15H18N2O3/c1-2-11(4-6-18)17-15-12-8-14-13(19-9-20-14)7-10(12)3-5-16-15/h3,5,7-8,11,18H,2,4,6,9H2,1H3,(H,16,17). The number of aromatic nitrogens is 1. The maximum Gasteiger partial charge on any atom is 0.231 e. The Labute approximate surface area is 117 Å². The number of pyridine rings is 1. The quantitative estimate of drug-likeness (QED) is 0.877. The lowest BCUT2D eigenvalue weighted by molar-refractivity contribution is 0.174. The summed E-state index contributed by atoms with van der Waals surface area (Å²) in [4.78, 5) is 4.41. The molecule has 0 spiro atoms. The van der Waals surface area contributed by atoms with Gasteiger partial charge in [0.1, 0.15) is 5.82 Å². The zero-order chi connectivity index (χ0) is 13.9. The summed E-state index contributed by atoms with van der Waals surface area (Å²) < 4.78 is 10.8. The number of ether oxygens (including phenoxy) is 2. The lowest BCUT2D eigenvalue weighted by atomic mass is 10.1. The van der Waals surface area contributed by atoms with Crippen molar-refractivity contribution in [1.82, 2.24) is 4.98 Å². The first-order valence-electron chi connectivity index (χ1n) is 6.87. The van der Waals surface area contributed by atoms with Gasteiger partial charge in [-0.3, -0.25) is 0 Å². The van der Waals surface area contributed by atoms with Gasteiger partial charge in [0.05, 0.1) is 0 Å². The minimum absolute atomic E-state index is 0.169. The lowest BCUT2D eigenvalue weighted by Crippen LogP contribution is -2.20. The SMILES string of the molecule is CCC(CCO)Nc1nccc2cc3c(cc12)OCO3. The van der Waals surface area contributed by atoms with Gasteiger partial charge in [0.15, 0.2) is 11.5 Å². The van der Waals surface area contributed by atoms with E-state index >= 15 is 0 Å². The van der Waals surface area contributed by atoms with Crippen LogP contribution in [0.3, 0.4) is 0 Å². The van der Waals surface area contributed by atoms with Crippen molar-refractivity contribution in [2.45, 2.75) is 25.8 Å². The van der Waals surface area contributed by atoms with Gasteiger partial charge in [0.25, 0.3) is 0 Å². The molecule has 3 rings (SSSR count). The number of rotatable bonds is 5. The first-order valence-corrected chi connectivity index (χ1v) is 6.87. The molecule has 0 fully saturated rings. The summed E-state index contributed by atoms with van der Waals surface area (Å²) in [6, 6.07) is 6.09. The molecule has 0 saturated heterocycles. The fraction of sp³-hybridized carbons (Fsp3) is 0.400. The molecule has 1 unspecified atom stereocenters. The topological polar surface area (TPSA) is 63.6 Å². The average molecular weight is 274 g/mol. The molecule has 106 valence electrons. The highest BCUT2D eigenvalue weighted by atomic mass is 16.7. The minimum Gasteiger partial charge on any atom is -0.454 e. The van der Waals surface area contributed by atoms with Gasteiger partial charge < -0.3 is 19.9 Å². The second-order valence-electron chi connectivity index (χ2n) is 4.85. The third-order valence-electron chi connectivity index (χ3n) is 3.57. The van der Waals surface area contributed by atoms with Crippen molar-refractivity contribution in [2.75, 3.05) is 18.7 Å². The summed E-state index contributed by atoms with van der Waals surface area (Å²) in [6.45, 7) is 2.53. The molecular formula is C15H18N2O3. The number of fused-ring (bicyclic) bond motifs is 2. The first-order chi connectivity index (χ1) is 9.81. The van der Waals surface area contributed by atoms with Crippen LogP contribution < -0.4 is 14.8 Å². The molecule has 5 nitrogen and oxygen atoms in total.